The fraction of sp³-hybridized carbons (Fsp3) is 0.500. The first-order chi connectivity index (χ1) is 9.22. The zero-order valence-corrected chi connectivity index (χ0v) is 11.3. The minimum atomic E-state index is -0.173. The van der Waals surface area contributed by atoms with Gasteiger partial charge in [-0.15, -0.1) is 0 Å². The molecule has 0 aliphatic carbocycles. The molecule has 2 rings (SSSR count). The maximum absolute atomic E-state index is 11.5. The summed E-state index contributed by atoms with van der Waals surface area (Å²) in [6, 6.07) is 5.79. The van der Waals surface area contributed by atoms with Gasteiger partial charge in [-0.25, -0.2) is 0 Å². The van der Waals surface area contributed by atoms with E-state index in [0.29, 0.717) is 19.7 Å². The molecule has 0 amide bonds. The second-order valence-electron chi connectivity index (χ2n) is 4.43. The van der Waals surface area contributed by atoms with Crippen LogP contribution < -0.4 is 14.8 Å². The molecule has 1 aliphatic rings. The van der Waals surface area contributed by atoms with Gasteiger partial charge in [0.2, 0.25) is 6.79 Å². The van der Waals surface area contributed by atoms with E-state index < -0.39 is 0 Å². The molecule has 0 fully saturated rings. The van der Waals surface area contributed by atoms with Gasteiger partial charge in [0, 0.05) is 18.7 Å². The molecule has 1 aliphatic heterocycles. The summed E-state index contributed by atoms with van der Waals surface area (Å²) >= 11 is 0. The molecule has 0 bridgehead atoms. The van der Waals surface area contributed by atoms with Crippen molar-refractivity contribution in [1.29, 1.82) is 0 Å². The van der Waals surface area contributed by atoms with Crippen molar-refractivity contribution < 1.29 is 19.0 Å². The molecular weight excluding hydrogens is 246 g/mol. The van der Waals surface area contributed by atoms with Crippen molar-refractivity contribution in [3.05, 3.63) is 23.8 Å². The number of benzene rings is 1. The maximum atomic E-state index is 11.5. The first-order valence-corrected chi connectivity index (χ1v) is 6.47. The molecule has 5 heteroatoms. The number of para-hydroxylation sites is 1. The van der Waals surface area contributed by atoms with Gasteiger partial charge in [0.05, 0.1) is 12.5 Å². The number of fused-ring (bicyclic) bond motifs is 1. The van der Waals surface area contributed by atoms with E-state index in [1.807, 2.05) is 32.0 Å². The molecule has 0 saturated heterocycles. The molecular formula is C14H19NO4. The number of esters is 1. The zero-order valence-electron chi connectivity index (χ0n) is 11.3. The van der Waals surface area contributed by atoms with E-state index in [-0.39, 0.29) is 18.7 Å². The van der Waals surface area contributed by atoms with Crippen molar-refractivity contribution in [3.8, 4) is 11.5 Å². The van der Waals surface area contributed by atoms with E-state index in [0.717, 1.165) is 17.1 Å². The lowest BCUT2D eigenvalue weighted by atomic mass is 10.1. The summed E-state index contributed by atoms with van der Waals surface area (Å²) in [5, 5.41) is 3.23. The number of hydrogen-bond acceptors (Lipinski definition) is 5. The average Bonchev–Trinajstić information content (AvgIpc) is 2.88. The van der Waals surface area contributed by atoms with E-state index in [1.54, 1.807) is 0 Å². The number of rotatable bonds is 6. The summed E-state index contributed by atoms with van der Waals surface area (Å²) in [5.74, 6) is 1.23. The highest BCUT2D eigenvalue weighted by atomic mass is 16.7. The number of nitrogens with one attached hydrogen (secondary N) is 1. The van der Waals surface area contributed by atoms with Crippen molar-refractivity contribution in [2.45, 2.75) is 20.4 Å². The molecule has 104 valence electrons. The van der Waals surface area contributed by atoms with Gasteiger partial charge in [-0.05, 0) is 13.0 Å². The molecule has 0 spiro atoms. The molecule has 5 nitrogen and oxygen atoms in total. The minimum absolute atomic E-state index is 0.158. The Hall–Kier alpha value is -1.75. The lowest BCUT2D eigenvalue weighted by Crippen LogP contribution is -2.27. The Bertz CT molecular complexity index is 447. The molecule has 1 aromatic carbocycles. The molecule has 0 radical (unpaired) electrons. The second kappa shape index (κ2) is 6.43. The molecule has 1 unspecified atom stereocenters. The molecule has 1 aromatic rings. The summed E-state index contributed by atoms with van der Waals surface area (Å²) in [4.78, 5) is 11.5. The molecule has 19 heavy (non-hydrogen) atoms. The Balaban J connectivity index is 1.83. The summed E-state index contributed by atoms with van der Waals surface area (Å²) in [6.07, 6.45) is 0. The Kier molecular flexibility index (Phi) is 4.63. The zero-order chi connectivity index (χ0) is 13.7. The molecule has 0 saturated carbocycles. The van der Waals surface area contributed by atoms with Crippen molar-refractivity contribution in [2.75, 3.05) is 19.9 Å². The average molecular weight is 265 g/mol. The standard InChI is InChI=1S/C14H19NO4/c1-3-17-14(16)10(2)7-15-8-11-5-4-6-12-13(11)19-9-18-12/h4-6,10,15H,3,7-9H2,1-2H3. The third kappa shape index (κ3) is 3.38. The monoisotopic (exact) mass is 265 g/mol. The minimum Gasteiger partial charge on any atom is -0.466 e. The van der Waals surface area contributed by atoms with Crippen molar-refractivity contribution in [3.63, 3.8) is 0 Å². The van der Waals surface area contributed by atoms with Gasteiger partial charge in [-0.1, -0.05) is 19.1 Å². The van der Waals surface area contributed by atoms with E-state index in [4.69, 9.17) is 14.2 Å². The lowest BCUT2D eigenvalue weighted by molar-refractivity contribution is -0.147. The number of hydrogen-bond donors (Lipinski definition) is 1. The van der Waals surface area contributed by atoms with Crippen LogP contribution in [0.3, 0.4) is 0 Å². The van der Waals surface area contributed by atoms with Crippen LogP contribution in [0.1, 0.15) is 19.4 Å². The summed E-state index contributed by atoms with van der Waals surface area (Å²) in [6.45, 7) is 5.55. The Morgan fingerprint density at radius 1 is 1.47 bits per heavy atom. The van der Waals surface area contributed by atoms with E-state index >= 15 is 0 Å². The number of carbonyl (C=O) groups excluding carboxylic acids is 1. The summed E-state index contributed by atoms with van der Waals surface area (Å²) in [7, 11) is 0. The van der Waals surface area contributed by atoms with Crippen LogP contribution in [0.4, 0.5) is 0 Å². The van der Waals surface area contributed by atoms with Crippen LogP contribution in [-0.4, -0.2) is 25.9 Å². The van der Waals surface area contributed by atoms with Gasteiger partial charge in [-0.2, -0.15) is 0 Å². The Morgan fingerprint density at radius 2 is 2.32 bits per heavy atom. The SMILES string of the molecule is CCOC(=O)C(C)CNCc1cccc2c1OCO2. The van der Waals surface area contributed by atoms with Crippen LogP contribution in [0.2, 0.25) is 0 Å². The normalized spacial score (nSPS) is 14.2. The van der Waals surface area contributed by atoms with E-state index in [9.17, 15) is 4.79 Å². The predicted octanol–water partition coefficient (Wildman–Crippen LogP) is 1.70. The topological polar surface area (TPSA) is 56.8 Å². The van der Waals surface area contributed by atoms with Gasteiger partial charge in [0.1, 0.15) is 0 Å². The van der Waals surface area contributed by atoms with Crippen LogP contribution in [0.15, 0.2) is 18.2 Å². The van der Waals surface area contributed by atoms with Crippen molar-refractivity contribution in [1.82, 2.24) is 5.32 Å². The third-order valence-electron chi connectivity index (χ3n) is 2.93. The largest absolute Gasteiger partial charge is 0.466 e. The number of carbonyl (C=O) groups is 1. The Morgan fingerprint density at radius 3 is 3.11 bits per heavy atom. The van der Waals surface area contributed by atoms with Crippen LogP contribution in [0, 0.1) is 5.92 Å². The molecule has 0 aromatic heterocycles. The van der Waals surface area contributed by atoms with E-state index in [2.05, 4.69) is 5.32 Å². The smallest absolute Gasteiger partial charge is 0.309 e. The highest BCUT2D eigenvalue weighted by Crippen LogP contribution is 2.35. The van der Waals surface area contributed by atoms with Crippen LogP contribution in [-0.2, 0) is 16.1 Å². The third-order valence-corrected chi connectivity index (χ3v) is 2.93. The second-order valence-corrected chi connectivity index (χ2v) is 4.43. The lowest BCUT2D eigenvalue weighted by Gasteiger charge is -2.12. The van der Waals surface area contributed by atoms with Crippen LogP contribution in [0.25, 0.3) is 0 Å². The van der Waals surface area contributed by atoms with Crippen molar-refractivity contribution in [2.24, 2.45) is 5.92 Å². The van der Waals surface area contributed by atoms with Gasteiger partial charge >= 0.3 is 5.97 Å². The Labute approximate surface area is 112 Å². The van der Waals surface area contributed by atoms with Crippen LogP contribution in [0.5, 0.6) is 11.5 Å². The van der Waals surface area contributed by atoms with Gasteiger partial charge in [0.25, 0.3) is 0 Å². The van der Waals surface area contributed by atoms with Crippen LogP contribution >= 0.6 is 0 Å². The molecule has 1 heterocycles. The fourth-order valence-electron chi connectivity index (χ4n) is 1.92. The van der Waals surface area contributed by atoms with Gasteiger partial charge < -0.3 is 19.5 Å². The molecule has 1 atom stereocenters. The molecule has 1 N–H and O–H groups in total. The summed E-state index contributed by atoms with van der Waals surface area (Å²) < 4.78 is 15.7. The summed E-state index contributed by atoms with van der Waals surface area (Å²) in [5.41, 5.74) is 1.03. The van der Waals surface area contributed by atoms with Crippen molar-refractivity contribution >= 4 is 5.97 Å². The van der Waals surface area contributed by atoms with Gasteiger partial charge in [-0.3, -0.25) is 4.79 Å². The predicted molar refractivity (Wildman–Crippen MR) is 70.1 cm³/mol. The fourth-order valence-corrected chi connectivity index (χ4v) is 1.92. The highest BCUT2D eigenvalue weighted by Gasteiger charge is 2.18. The first kappa shape index (κ1) is 13.7. The van der Waals surface area contributed by atoms with E-state index in [1.165, 1.54) is 0 Å². The first-order valence-electron chi connectivity index (χ1n) is 6.47. The quantitative estimate of drug-likeness (QED) is 0.793. The maximum Gasteiger partial charge on any atom is 0.309 e. The number of ether oxygens (including phenoxy) is 3. The highest BCUT2D eigenvalue weighted by molar-refractivity contribution is 5.72. The van der Waals surface area contributed by atoms with Gasteiger partial charge in [0.15, 0.2) is 11.5 Å².